The number of likely N-dealkylation sites (tertiary alicyclic amines) is 1. The smallest absolute Gasteiger partial charge is 0.268 e. The van der Waals surface area contributed by atoms with Crippen LogP contribution in [0.1, 0.15) is 12.2 Å². The molecule has 3 heterocycles. The molecule has 0 aliphatic carbocycles. The Morgan fingerprint density at radius 2 is 2.50 bits per heavy atom. The van der Waals surface area contributed by atoms with E-state index >= 15 is 0 Å². The van der Waals surface area contributed by atoms with Crippen LogP contribution in [0.5, 0.6) is 0 Å². The Morgan fingerprint density at radius 1 is 1.67 bits per heavy atom. The van der Waals surface area contributed by atoms with Gasteiger partial charge in [0.05, 0.1) is 22.0 Å². The van der Waals surface area contributed by atoms with Crippen molar-refractivity contribution in [2.24, 2.45) is 0 Å². The van der Waals surface area contributed by atoms with Gasteiger partial charge >= 0.3 is 0 Å². The van der Waals surface area contributed by atoms with E-state index in [2.05, 4.69) is 30.8 Å². The second-order valence-corrected chi connectivity index (χ2v) is 6.89. The monoisotopic (exact) mass is 329 g/mol. The molecule has 96 valence electrons. The van der Waals surface area contributed by atoms with Gasteiger partial charge in [0.15, 0.2) is 0 Å². The van der Waals surface area contributed by atoms with Gasteiger partial charge in [-0.25, -0.2) is 4.98 Å². The molecule has 1 atom stereocenters. The first kappa shape index (κ1) is 12.3. The molecule has 5 nitrogen and oxygen atoms in total. The van der Waals surface area contributed by atoms with Crippen molar-refractivity contribution in [3.8, 4) is 0 Å². The second-order valence-electron chi connectivity index (χ2n) is 4.46. The molecular formula is C11H12BrN3O2S. The first-order chi connectivity index (χ1) is 8.61. The summed E-state index contributed by atoms with van der Waals surface area (Å²) in [6, 6.07) is 1.86. The predicted octanol–water partition coefficient (Wildman–Crippen LogP) is 1.31. The van der Waals surface area contributed by atoms with Crippen LogP contribution in [0.4, 0.5) is 0 Å². The summed E-state index contributed by atoms with van der Waals surface area (Å²) >= 11 is 4.75. The number of halogens is 1. The minimum Gasteiger partial charge on any atom is -0.392 e. The van der Waals surface area contributed by atoms with Gasteiger partial charge < -0.3 is 10.1 Å². The van der Waals surface area contributed by atoms with E-state index in [-0.39, 0.29) is 11.7 Å². The molecule has 0 amide bonds. The van der Waals surface area contributed by atoms with Gasteiger partial charge in [-0.1, -0.05) is 0 Å². The van der Waals surface area contributed by atoms with E-state index in [0.29, 0.717) is 23.6 Å². The Kier molecular flexibility index (Phi) is 3.23. The van der Waals surface area contributed by atoms with E-state index in [1.54, 1.807) is 0 Å². The molecule has 1 aliphatic heterocycles. The number of fused-ring (bicyclic) bond motifs is 1. The molecule has 0 bridgehead atoms. The number of thiophene rings is 1. The highest BCUT2D eigenvalue weighted by atomic mass is 79.9. The third-order valence-corrected chi connectivity index (χ3v) is 4.65. The lowest BCUT2D eigenvalue weighted by Crippen LogP contribution is -2.24. The minimum atomic E-state index is -0.254. The van der Waals surface area contributed by atoms with Crippen LogP contribution in [0, 0.1) is 0 Å². The minimum absolute atomic E-state index is 0.0922. The maximum atomic E-state index is 11.9. The number of hydrogen-bond donors (Lipinski definition) is 2. The Bertz CT molecular complexity index is 639. The lowest BCUT2D eigenvalue weighted by atomic mass is 10.3. The van der Waals surface area contributed by atoms with Crippen LogP contribution in [-0.2, 0) is 6.54 Å². The zero-order valence-electron chi connectivity index (χ0n) is 9.52. The third kappa shape index (κ3) is 2.35. The summed E-state index contributed by atoms with van der Waals surface area (Å²) in [6.07, 6.45) is 0.534. The predicted molar refractivity (Wildman–Crippen MR) is 73.8 cm³/mol. The summed E-state index contributed by atoms with van der Waals surface area (Å²) in [7, 11) is 0. The Balaban J connectivity index is 1.90. The fourth-order valence-electron chi connectivity index (χ4n) is 2.20. The lowest BCUT2D eigenvalue weighted by molar-refractivity contribution is 0.174. The van der Waals surface area contributed by atoms with Crippen LogP contribution in [0.15, 0.2) is 14.6 Å². The Hall–Kier alpha value is -0.760. The van der Waals surface area contributed by atoms with Crippen molar-refractivity contribution in [1.29, 1.82) is 0 Å². The number of aliphatic hydroxyl groups is 1. The molecule has 0 aromatic carbocycles. The second kappa shape index (κ2) is 4.73. The number of rotatable bonds is 2. The molecule has 0 radical (unpaired) electrons. The molecule has 2 N–H and O–H groups in total. The fourth-order valence-corrected chi connectivity index (χ4v) is 3.62. The van der Waals surface area contributed by atoms with Crippen molar-refractivity contribution >= 4 is 37.5 Å². The molecule has 0 saturated carbocycles. The molecule has 3 rings (SSSR count). The molecule has 18 heavy (non-hydrogen) atoms. The van der Waals surface area contributed by atoms with E-state index in [0.717, 1.165) is 22.3 Å². The van der Waals surface area contributed by atoms with E-state index in [9.17, 15) is 9.90 Å². The topological polar surface area (TPSA) is 69.2 Å². The van der Waals surface area contributed by atoms with Gasteiger partial charge in [0.2, 0.25) is 0 Å². The van der Waals surface area contributed by atoms with Gasteiger partial charge in [-0.2, -0.15) is 0 Å². The number of hydrogen-bond acceptors (Lipinski definition) is 5. The number of β-amino-alcohol motifs (C(OH)–C–C–N with tert-alkyl or cyclic N) is 1. The standard InChI is InChI=1S/C11H12BrN3O2S/c12-8-3-7-10(18-8)11(17)14-9(13-7)5-15-2-1-6(16)4-15/h3,6,16H,1-2,4-5H2,(H,13,14,17)/t6-/m0/s1. The molecule has 1 aliphatic rings. The highest BCUT2D eigenvalue weighted by molar-refractivity contribution is 9.11. The molecule has 1 fully saturated rings. The molecule has 2 aromatic heterocycles. The van der Waals surface area contributed by atoms with E-state index in [1.165, 1.54) is 11.3 Å². The number of aromatic nitrogens is 2. The molecule has 7 heteroatoms. The summed E-state index contributed by atoms with van der Waals surface area (Å²) in [6.45, 7) is 2.07. The normalized spacial score (nSPS) is 20.9. The van der Waals surface area contributed by atoms with Crippen LogP contribution in [0.3, 0.4) is 0 Å². The van der Waals surface area contributed by atoms with E-state index in [4.69, 9.17) is 0 Å². The van der Waals surface area contributed by atoms with Crippen molar-refractivity contribution in [2.75, 3.05) is 13.1 Å². The highest BCUT2D eigenvalue weighted by Gasteiger charge is 2.21. The summed E-state index contributed by atoms with van der Waals surface area (Å²) in [5, 5.41) is 9.47. The van der Waals surface area contributed by atoms with Crippen molar-refractivity contribution in [3.63, 3.8) is 0 Å². The van der Waals surface area contributed by atoms with E-state index in [1.807, 2.05) is 6.07 Å². The van der Waals surface area contributed by atoms with Crippen LogP contribution >= 0.6 is 27.3 Å². The molecule has 0 spiro atoms. The zero-order valence-corrected chi connectivity index (χ0v) is 11.9. The van der Waals surface area contributed by atoms with Crippen molar-refractivity contribution in [1.82, 2.24) is 14.9 Å². The van der Waals surface area contributed by atoms with Gasteiger partial charge in [0.1, 0.15) is 10.5 Å². The average Bonchev–Trinajstić information content (AvgIpc) is 2.85. The third-order valence-electron chi connectivity index (χ3n) is 3.02. The Labute approximate surface area is 116 Å². The summed E-state index contributed by atoms with van der Waals surface area (Å²) < 4.78 is 1.55. The highest BCUT2D eigenvalue weighted by Crippen LogP contribution is 2.25. The van der Waals surface area contributed by atoms with Crippen LogP contribution in [0.2, 0.25) is 0 Å². The van der Waals surface area contributed by atoms with Crippen LogP contribution in [0.25, 0.3) is 10.2 Å². The zero-order chi connectivity index (χ0) is 12.7. The lowest BCUT2D eigenvalue weighted by Gasteiger charge is -2.13. The first-order valence-electron chi connectivity index (χ1n) is 5.70. The largest absolute Gasteiger partial charge is 0.392 e. The first-order valence-corrected chi connectivity index (χ1v) is 7.31. The fraction of sp³-hybridized carbons (Fsp3) is 0.455. The quantitative estimate of drug-likeness (QED) is 0.871. The van der Waals surface area contributed by atoms with Crippen LogP contribution in [-0.4, -0.2) is 39.2 Å². The molecule has 2 aromatic rings. The number of nitrogens with one attached hydrogen (secondary N) is 1. The summed E-state index contributed by atoms with van der Waals surface area (Å²) in [5.41, 5.74) is 0.635. The molecular weight excluding hydrogens is 318 g/mol. The van der Waals surface area contributed by atoms with Gasteiger partial charge in [-0.15, -0.1) is 11.3 Å². The van der Waals surface area contributed by atoms with Gasteiger partial charge in [-0.05, 0) is 28.4 Å². The SMILES string of the molecule is O=c1[nH]c(CN2CC[C@H](O)C2)nc2cc(Br)sc12. The summed E-state index contributed by atoms with van der Waals surface area (Å²) in [5.74, 6) is 0.659. The van der Waals surface area contributed by atoms with Crippen molar-refractivity contribution in [3.05, 3.63) is 26.0 Å². The van der Waals surface area contributed by atoms with E-state index < -0.39 is 0 Å². The number of H-pyrrole nitrogens is 1. The van der Waals surface area contributed by atoms with Crippen molar-refractivity contribution in [2.45, 2.75) is 19.1 Å². The average molecular weight is 330 g/mol. The number of nitrogens with zero attached hydrogens (tertiary/aromatic N) is 2. The number of aromatic amines is 1. The van der Waals surface area contributed by atoms with Gasteiger partial charge in [0.25, 0.3) is 5.56 Å². The van der Waals surface area contributed by atoms with Gasteiger partial charge in [-0.3, -0.25) is 9.69 Å². The maximum Gasteiger partial charge on any atom is 0.268 e. The molecule has 0 unspecified atom stereocenters. The Morgan fingerprint density at radius 3 is 3.22 bits per heavy atom. The van der Waals surface area contributed by atoms with Crippen LogP contribution < -0.4 is 5.56 Å². The van der Waals surface area contributed by atoms with Crippen molar-refractivity contribution < 1.29 is 5.11 Å². The summed E-state index contributed by atoms with van der Waals surface area (Å²) in [4.78, 5) is 21.2. The molecule has 1 saturated heterocycles. The maximum absolute atomic E-state index is 11.9. The van der Waals surface area contributed by atoms with Gasteiger partial charge in [0, 0.05) is 13.1 Å². The number of aliphatic hydroxyl groups excluding tert-OH is 1.